The van der Waals surface area contributed by atoms with Crippen molar-refractivity contribution in [1.82, 2.24) is 0 Å². The largest absolute Gasteiger partial charge is 0.143 e. The Morgan fingerprint density at radius 2 is 0.471 bits per heavy atom. The van der Waals surface area contributed by atoms with Crippen molar-refractivity contribution in [3.05, 3.63) is 142 Å². The van der Waals surface area contributed by atoms with E-state index in [4.69, 9.17) is 0 Å². The third-order valence-electron chi connectivity index (χ3n) is 8.29. The summed E-state index contributed by atoms with van der Waals surface area (Å²) >= 11 is 18.8. The normalized spacial score (nSPS) is 11.6. The van der Waals surface area contributed by atoms with Crippen LogP contribution in [-0.4, -0.2) is 0 Å². The lowest BCUT2D eigenvalue weighted by Crippen LogP contribution is -1.76. The van der Waals surface area contributed by atoms with Gasteiger partial charge in [-0.05, 0) is 120 Å². The fraction of sp³-hybridized carbons (Fsp3) is 0.0244. The van der Waals surface area contributed by atoms with Gasteiger partial charge in [-0.15, -0.1) is 113 Å². The monoisotopic (exact) mass is 836 g/mol. The molecule has 0 N–H and O–H groups in total. The maximum atomic E-state index is 2.32. The van der Waals surface area contributed by atoms with Gasteiger partial charge >= 0.3 is 0 Å². The van der Waals surface area contributed by atoms with Gasteiger partial charge in [0, 0.05) is 94.2 Å². The lowest BCUT2D eigenvalue weighted by atomic mass is 10.3. The molecule has 0 bridgehead atoms. The summed E-state index contributed by atoms with van der Waals surface area (Å²) in [6, 6.07) is 45.3. The maximum absolute atomic E-state index is 2.32. The molecule has 248 valence electrons. The summed E-state index contributed by atoms with van der Waals surface area (Å²) in [5.74, 6) is 0. The third kappa shape index (κ3) is 6.72. The smallest absolute Gasteiger partial charge is 0.0449 e. The fourth-order valence-electron chi connectivity index (χ4n) is 5.84. The molecule has 10 aromatic rings. The standard InChI is InChI=1S/C41H24S10/c1-3-26(42-21-1)28-9-11-34(46-28)36-17-19-40(50-36)38-15-13-32(48-38)30-7-5-24(44-30)23-25-6-8-31(45-25)33-14-16-39(49-33)41-20-18-37(51-41)35-12-10-29(47-35)27-4-2-22-43-27/h1-22H,23H2. The summed E-state index contributed by atoms with van der Waals surface area (Å²) in [6.45, 7) is 0. The molecule has 0 atom stereocenters. The Balaban J connectivity index is 0.797. The Morgan fingerprint density at radius 1 is 0.235 bits per heavy atom. The molecule has 0 aliphatic carbocycles. The Bertz CT molecular complexity index is 2500. The third-order valence-corrected chi connectivity index (χ3v) is 20.3. The number of thiophene rings is 10. The van der Waals surface area contributed by atoms with E-state index in [9.17, 15) is 0 Å². The van der Waals surface area contributed by atoms with Crippen LogP contribution in [0.15, 0.2) is 132 Å². The van der Waals surface area contributed by atoms with Crippen LogP contribution in [0.3, 0.4) is 0 Å². The van der Waals surface area contributed by atoms with Crippen LogP contribution in [0.5, 0.6) is 0 Å². The Labute approximate surface area is 336 Å². The minimum absolute atomic E-state index is 0.983. The molecule has 0 spiro atoms. The molecule has 0 aliphatic heterocycles. The average molecular weight is 837 g/mol. The lowest BCUT2D eigenvalue weighted by molar-refractivity contribution is 1.31. The van der Waals surface area contributed by atoms with Crippen LogP contribution in [0.1, 0.15) is 9.75 Å². The van der Waals surface area contributed by atoms with E-state index in [0.29, 0.717) is 0 Å². The molecular weight excluding hydrogens is 813 g/mol. The molecule has 0 nitrogen and oxygen atoms in total. The van der Waals surface area contributed by atoms with E-state index in [1.807, 2.05) is 113 Å². The zero-order chi connectivity index (χ0) is 33.7. The predicted octanol–water partition coefficient (Wildman–Crippen LogP) is 17.2. The summed E-state index contributed by atoms with van der Waals surface area (Å²) in [5.41, 5.74) is 0. The summed E-state index contributed by atoms with van der Waals surface area (Å²) in [6.07, 6.45) is 0.983. The van der Waals surface area contributed by atoms with E-state index in [1.165, 1.54) is 87.8 Å². The highest BCUT2D eigenvalue weighted by atomic mass is 32.1. The van der Waals surface area contributed by atoms with E-state index >= 15 is 0 Å². The molecule has 0 saturated heterocycles. The van der Waals surface area contributed by atoms with Gasteiger partial charge < -0.3 is 0 Å². The van der Waals surface area contributed by atoms with Gasteiger partial charge in [-0.25, -0.2) is 0 Å². The van der Waals surface area contributed by atoms with Crippen molar-refractivity contribution in [1.29, 1.82) is 0 Å². The van der Waals surface area contributed by atoms with Crippen LogP contribution in [-0.2, 0) is 6.42 Å². The van der Waals surface area contributed by atoms with Gasteiger partial charge in [0.1, 0.15) is 0 Å². The van der Waals surface area contributed by atoms with Crippen LogP contribution in [0.4, 0.5) is 0 Å². The second-order valence-corrected chi connectivity index (χ2v) is 22.4. The van der Waals surface area contributed by atoms with Gasteiger partial charge in [-0.3, -0.25) is 0 Å². The first kappa shape index (κ1) is 32.6. The first-order valence-electron chi connectivity index (χ1n) is 16.0. The molecule has 0 saturated carbocycles. The first-order chi connectivity index (χ1) is 25.2. The van der Waals surface area contributed by atoms with Gasteiger partial charge in [-0.2, -0.15) is 0 Å². The van der Waals surface area contributed by atoms with Gasteiger partial charge in [0.2, 0.25) is 0 Å². The highest BCUT2D eigenvalue weighted by Gasteiger charge is 2.15. The number of hydrogen-bond acceptors (Lipinski definition) is 10. The molecule has 0 fully saturated rings. The zero-order valence-corrected chi connectivity index (χ0v) is 34.7. The van der Waals surface area contributed by atoms with E-state index < -0.39 is 0 Å². The highest BCUT2D eigenvalue weighted by Crippen LogP contribution is 2.47. The van der Waals surface area contributed by atoms with E-state index in [1.54, 1.807) is 0 Å². The molecule has 0 unspecified atom stereocenters. The molecule has 0 radical (unpaired) electrons. The van der Waals surface area contributed by atoms with E-state index in [0.717, 1.165) is 6.42 Å². The second-order valence-electron chi connectivity index (χ2n) is 11.6. The first-order valence-corrected chi connectivity index (χ1v) is 24.3. The lowest BCUT2D eigenvalue weighted by Gasteiger charge is -1.94. The Hall–Kier alpha value is -3.00. The quantitative estimate of drug-likeness (QED) is 0.129. The SMILES string of the molecule is c1csc(-c2ccc(-c3ccc(-c4ccc(-c5ccc(Cc6ccc(-c7ccc(-c8ccc(-c9ccc(-c%10cccs%10)s9)s8)s7)s6)s5)s4)s3)s2)c1. The van der Waals surface area contributed by atoms with Crippen molar-refractivity contribution in [2.75, 3.05) is 0 Å². The minimum atomic E-state index is 0.983. The highest BCUT2D eigenvalue weighted by molar-refractivity contribution is 7.31. The van der Waals surface area contributed by atoms with Crippen LogP contribution in [0, 0.1) is 0 Å². The van der Waals surface area contributed by atoms with Crippen molar-refractivity contribution in [2.24, 2.45) is 0 Å². The van der Waals surface area contributed by atoms with E-state index in [-0.39, 0.29) is 0 Å². The van der Waals surface area contributed by atoms with Gasteiger partial charge in [0.15, 0.2) is 0 Å². The summed E-state index contributed by atoms with van der Waals surface area (Å²) < 4.78 is 0. The molecule has 10 heteroatoms. The molecule has 10 aromatic heterocycles. The second kappa shape index (κ2) is 14.1. The zero-order valence-electron chi connectivity index (χ0n) is 26.5. The van der Waals surface area contributed by atoms with E-state index in [2.05, 4.69) is 132 Å². The van der Waals surface area contributed by atoms with Crippen molar-refractivity contribution < 1.29 is 0 Å². The summed E-state index contributed by atoms with van der Waals surface area (Å²) in [5, 5.41) is 4.30. The fourth-order valence-corrected chi connectivity index (χ4v) is 16.2. The van der Waals surface area contributed by atoms with Crippen LogP contribution in [0.25, 0.3) is 78.0 Å². The Kier molecular flexibility index (Phi) is 9.02. The van der Waals surface area contributed by atoms with Gasteiger partial charge in [-0.1, -0.05) is 12.1 Å². The minimum Gasteiger partial charge on any atom is -0.143 e. The number of hydrogen-bond donors (Lipinski definition) is 0. The maximum Gasteiger partial charge on any atom is 0.0449 e. The van der Waals surface area contributed by atoms with Crippen LogP contribution < -0.4 is 0 Å². The van der Waals surface area contributed by atoms with Crippen LogP contribution >= 0.6 is 113 Å². The average Bonchev–Trinajstić information content (AvgIpc) is 4.01. The molecule has 51 heavy (non-hydrogen) atoms. The molecule has 0 aromatic carbocycles. The molecular formula is C41H24S10. The molecule has 0 amide bonds. The van der Waals surface area contributed by atoms with Crippen molar-refractivity contribution in [3.8, 4) is 78.0 Å². The summed E-state index contributed by atoms with van der Waals surface area (Å²) in [7, 11) is 0. The van der Waals surface area contributed by atoms with Crippen molar-refractivity contribution in [3.63, 3.8) is 0 Å². The predicted molar refractivity (Wildman–Crippen MR) is 238 cm³/mol. The molecule has 0 aliphatic rings. The van der Waals surface area contributed by atoms with Crippen molar-refractivity contribution >= 4 is 113 Å². The van der Waals surface area contributed by atoms with Crippen LogP contribution in [0.2, 0.25) is 0 Å². The van der Waals surface area contributed by atoms with Gasteiger partial charge in [0.05, 0.1) is 0 Å². The summed E-state index contributed by atoms with van der Waals surface area (Å²) in [4.78, 5) is 24.4. The van der Waals surface area contributed by atoms with Crippen molar-refractivity contribution in [2.45, 2.75) is 6.42 Å². The molecule has 10 rings (SSSR count). The Morgan fingerprint density at radius 3 is 0.725 bits per heavy atom. The van der Waals surface area contributed by atoms with Gasteiger partial charge in [0.25, 0.3) is 0 Å². The topological polar surface area (TPSA) is 0 Å². The number of rotatable bonds is 10. The molecule has 10 heterocycles.